The van der Waals surface area contributed by atoms with Gasteiger partial charge in [0.15, 0.2) is 5.65 Å². The monoisotopic (exact) mass is 326 g/mol. The number of anilines is 1. The minimum atomic E-state index is 0.897. The highest BCUT2D eigenvalue weighted by Gasteiger charge is 2.21. The number of imidazole rings is 1. The van der Waals surface area contributed by atoms with Gasteiger partial charge in [0.1, 0.15) is 11.6 Å². The van der Waals surface area contributed by atoms with Crippen molar-refractivity contribution in [1.29, 1.82) is 0 Å². The molecule has 126 valence electrons. The van der Waals surface area contributed by atoms with Gasteiger partial charge in [0.2, 0.25) is 0 Å². The largest absolute Gasteiger partial charge is 0.361 e. The van der Waals surface area contributed by atoms with Crippen molar-refractivity contribution in [3.05, 3.63) is 41.0 Å². The molecule has 1 saturated heterocycles. The van der Waals surface area contributed by atoms with Crippen LogP contribution >= 0.6 is 0 Å². The molecule has 0 aromatic carbocycles. The van der Waals surface area contributed by atoms with Crippen LogP contribution in [-0.4, -0.2) is 50.8 Å². The maximum atomic E-state index is 5.26. The van der Waals surface area contributed by atoms with Gasteiger partial charge in [0, 0.05) is 38.3 Å². The van der Waals surface area contributed by atoms with Crippen LogP contribution in [0.15, 0.2) is 22.9 Å². The topological polar surface area (TPSA) is 62.7 Å². The number of aryl methyl sites for hydroxylation is 3. The van der Waals surface area contributed by atoms with Crippen LogP contribution in [0.25, 0.3) is 5.65 Å². The average Bonchev–Trinajstić information content (AvgIpc) is 3.10. The van der Waals surface area contributed by atoms with Crippen molar-refractivity contribution in [2.45, 2.75) is 27.3 Å². The highest BCUT2D eigenvalue weighted by Crippen LogP contribution is 2.19. The van der Waals surface area contributed by atoms with Crippen molar-refractivity contribution >= 4 is 11.5 Å². The van der Waals surface area contributed by atoms with E-state index in [2.05, 4.69) is 31.1 Å². The van der Waals surface area contributed by atoms with Crippen LogP contribution in [0.1, 0.15) is 22.7 Å². The minimum Gasteiger partial charge on any atom is -0.361 e. The molecule has 1 aliphatic heterocycles. The standard InChI is InChI=1S/C17H22N6O/c1-12-10-23-16(18-12)4-5-17(19-23)22-8-6-21(7-9-22)11-15-13(2)20-24-14(15)3/h4-5,10H,6-9,11H2,1-3H3. The van der Waals surface area contributed by atoms with Crippen molar-refractivity contribution in [2.24, 2.45) is 0 Å². The average molecular weight is 326 g/mol. The maximum absolute atomic E-state index is 5.26. The van der Waals surface area contributed by atoms with Gasteiger partial charge in [0.05, 0.1) is 17.6 Å². The number of nitrogens with zero attached hydrogens (tertiary/aromatic N) is 6. The van der Waals surface area contributed by atoms with Gasteiger partial charge < -0.3 is 9.42 Å². The quantitative estimate of drug-likeness (QED) is 0.733. The fraction of sp³-hybridized carbons (Fsp3) is 0.471. The molecule has 0 amide bonds. The molecule has 7 heteroatoms. The van der Waals surface area contributed by atoms with Gasteiger partial charge in [-0.3, -0.25) is 4.90 Å². The number of fused-ring (bicyclic) bond motifs is 1. The summed E-state index contributed by atoms with van der Waals surface area (Å²) in [5, 5.41) is 8.73. The van der Waals surface area contributed by atoms with Crippen molar-refractivity contribution in [3.8, 4) is 0 Å². The fourth-order valence-electron chi connectivity index (χ4n) is 3.25. The lowest BCUT2D eigenvalue weighted by Crippen LogP contribution is -2.46. The van der Waals surface area contributed by atoms with Gasteiger partial charge in [-0.25, -0.2) is 9.50 Å². The predicted molar refractivity (Wildman–Crippen MR) is 91.2 cm³/mol. The molecular weight excluding hydrogens is 304 g/mol. The lowest BCUT2D eigenvalue weighted by atomic mass is 10.2. The summed E-state index contributed by atoms with van der Waals surface area (Å²) < 4.78 is 7.13. The lowest BCUT2D eigenvalue weighted by molar-refractivity contribution is 0.247. The summed E-state index contributed by atoms with van der Waals surface area (Å²) in [6, 6.07) is 4.09. The minimum absolute atomic E-state index is 0.897. The number of hydrogen-bond donors (Lipinski definition) is 0. The second-order valence-corrected chi connectivity index (χ2v) is 6.44. The smallest absolute Gasteiger partial charge is 0.153 e. The van der Waals surface area contributed by atoms with Gasteiger partial charge in [-0.2, -0.15) is 0 Å². The van der Waals surface area contributed by atoms with Crippen LogP contribution in [-0.2, 0) is 6.54 Å². The molecule has 1 fully saturated rings. The van der Waals surface area contributed by atoms with E-state index in [1.807, 2.05) is 37.5 Å². The Morgan fingerprint density at radius 1 is 1.08 bits per heavy atom. The van der Waals surface area contributed by atoms with E-state index >= 15 is 0 Å². The molecule has 0 atom stereocenters. The second-order valence-electron chi connectivity index (χ2n) is 6.44. The zero-order valence-electron chi connectivity index (χ0n) is 14.4. The van der Waals surface area contributed by atoms with Gasteiger partial charge in [0.25, 0.3) is 0 Å². The van der Waals surface area contributed by atoms with Crippen molar-refractivity contribution < 1.29 is 4.52 Å². The van der Waals surface area contributed by atoms with Crippen LogP contribution in [0.2, 0.25) is 0 Å². The van der Waals surface area contributed by atoms with E-state index in [-0.39, 0.29) is 0 Å². The molecule has 3 aromatic heterocycles. The van der Waals surface area contributed by atoms with Gasteiger partial charge in [-0.05, 0) is 32.9 Å². The van der Waals surface area contributed by atoms with Crippen molar-refractivity contribution in [2.75, 3.05) is 31.1 Å². The first-order chi connectivity index (χ1) is 11.6. The second kappa shape index (κ2) is 5.90. The molecule has 0 N–H and O–H groups in total. The Labute approximate surface area is 140 Å². The highest BCUT2D eigenvalue weighted by atomic mass is 16.5. The van der Waals surface area contributed by atoms with Gasteiger partial charge in [-0.15, -0.1) is 5.10 Å². The summed E-state index contributed by atoms with van der Waals surface area (Å²) in [4.78, 5) is 9.21. The molecule has 0 saturated carbocycles. The number of piperazine rings is 1. The molecule has 1 aliphatic rings. The van der Waals surface area contributed by atoms with E-state index in [0.29, 0.717) is 0 Å². The fourth-order valence-corrected chi connectivity index (χ4v) is 3.25. The lowest BCUT2D eigenvalue weighted by Gasteiger charge is -2.35. The van der Waals surface area contributed by atoms with E-state index in [9.17, 15) is 0 Å². The summed E-state index contributed by atoms with van der Waals surface area (Å²) in [5.41, 5.74) is 4.10. The Hall–Kier alpha value is -2.41. The Morgan fingerprint density at radius 3 is 2.58 bits per heavy atom. The third kappa shape index (κ3) is 2.75. The summed E-state index contributed by atoms with van der Waals surface area (Å²) in [6.07, 6.45) is 1.96. The molecule has 4 heterocycles. The molecule has 7 nitrogen and oxygen atoms in total. The van der Waals surface area contributed by atoms with Crippen LogP contribution in [0.4, 0.5) is 5.82 Å². The first kappa shape index (κ1) is 15.1. The Kier molecular flexibility index (Phi) is 3.72. The molecule has 0 radical (unpaired) electrons. The zero-order valence-corrected chi connectivity index (χ0v) is 14.4. The number of rotatable bonds is 3. The third-order valence-corrected chi connectivity index (χ3v) is 4.69. The molecular formula is C17H22N6O. The SMILES string of the molecule is Cc1cn2nc(N3CCN(Cc4c(C)noc4C)CC3)ccc2n1. The van der Waals surface area contributed by atoms with E-state index in [4.69, 9.17) is 4.52 Å². The van der Waals surface area contributed by atoms with E-state index in [0.717, 1.165) is 61.3 Å². The van der Waals surface area contributed by atoms with Crippen LogP contribution in [0.5, 0.6) is 0 Å². The molecule has 0 bridgehead atoms. The highest BCUT2D eigenvalue weighted by molar-refractivity contribution is 5.47. The Balaban J connectivity index is 1.43. The van der Waals surface area contributed by atoms with Crippen LogP contribution in [0.3, 0.4) is 0 Å². The predicted octanol–water partition coefficient (Wildman–Crippen LogP) is 1.96. The normalized spacial score (nSPS) is 16.2. The van der Waals surface area contributed by atoms with Crippen molar-refractivity contribution in [1.82, 2.24) is 24.7 Å². The van der Waals surface area contributed by atoms with Gasteiger partial charge in [-0.1, -0.05) is 5.16 Å². The first-order valence-electron chi connectivity index (χ1n) is 8.32. The van der Waals surface area contributed by atoms with Crippen LogP contribution < -0.4 is 4.90 Å². The molecule has 0 aliphatic carbocycles. The number of aromatic nitrogens is 4. The molecule has 3 aromatic rings. The Morgan fingerprint density at radius 2 is 1.88 bits per heavy atom. The summed E-state index contributed by atoms with van der Waals surface area (Å²) in [5.74, 6) is 1.94. The summed E-state index contributed by atoms with van der Waals surface area (Å²) in [6.45, 7) is 10.8. The third-order valence-electron chi connectivity index (χ3n) is 4.69. The van der Waals surface area contributed by atoms with Gasteiger partial charge >= 0.3 is 0 Å². The molecule has 24 heavy (non-hydrogen) atoms. The molecule has 0 unspecified atom stereocenters. The first-order valence-corrected chi connectivity index (χ1v) is 8.32. The van der Waals surface area contributed by atoms with E-state index < -0.39 is 0 Å². The van der Waals surface area contributed by atoms with E-state index in [1.165, 1.54) is 5.56 Å². The molecule has 4 rings (SSSR count). The Bertz CT molecular complexity index is 840. The summed E-state index contributed by atoms with van der Waals surface area (Å²) in [7, 11) is 0. The van der Waals surface area contributed by atoms with Crippen molar-refractivity contribution in [3.63, 3.8) is 0 Å². The molecule has 0 spiro atoms. The van der Waals surface area contributed by atoms with Crippen LogP contribution in [0, 0.1) is 20.8 Å². The number of hydrogen-bond acceptors (Lipinski definition) is 6. The maximum Gasteiger partial charge on any atom is 0.153 e. The zero-order chi connectivity index (χ0) is 16.7. The van der Waals surface area contributed by atoms with E-state index in [1.54, 1.807) is 0 Å². The summed E-state index contributed by atoms with van der Waals surface area (Å²) >= 11 is 0.